The van der Waals surface area contributed by atoms with Crippen LogP contribution in [0.25, 0.3) is 0 Å². The fourth-order valence-electron chi connectivity index (χ4n) is 1.49. The van der Waals surface area contributed by atoms with Gasteiger partial charge in [-0.2, -0.15) is 0 Å². The molecule has 0 radical (unpaired) electrons. The molecule has 0 saturated heterocycles. The quantitative estimate of drug-likeness (QED) is 0.640. The SMILES string of the molecule is CCCC(O)C(O)CCC1CC1. The first-order valence-corrected chi connectivity index (χ1v) is 5.10. The van der Waals surface area contributed by atoms with Crippen molar-refractivity contribution < 1.29 is 10.2 Å². The van der Waals surface area contributed by atoms with E-state index in [-0.39, 0.29) is 0 Å². The summed E-state index contributed by atoms with van der Waals surface area (Å²) in [5.41, 5.74) is 0. The predicted molar refractivity (Wildman–Crippen MR) is 48.9 cm³/mol. The third-order valence-electron chi connectivity index (χ3n) is 2.60. The summed E-state index contributed by atoms with van der Waals surface area (Å²) in [7, 11) is 0. The Balaban J connectivity index is 2.03. The molecule has 2 N–H and O–H groups in total. The maximum atomic E-state index is 9.48. The average Bonchev–Trinajstić information content (AvgIpc) is 2.83. The molecule has 0 bridgehead atoms. The molecule has 0 aliphatic heterocycles. The molecule has 0 aromatic rings. The molecule has 0 aromatic heterocycles. The molecule has 2 heteroatoms. The van der Waals surface area contributed by atoms with E-state index in [0.29, 0.717) is 0 Å². The van der Waals surface area contributed by atoms with Crippen LogP contribution in [-0.2, 0) is 0 Å². The largest absolute Gasteiger partial charge is 0.390 e. The van der Waals surface area contributed by atoms with E-state index in [1.54, 1.807) is 0 Å². The standard InChI is InChI=1S/C10H20O2/c1-2-3-9(11)10(12)7-6-8-4-5-8/h8-12H,2-7H2,1H3. The van der Waals surface area contributed by atoms with E-state index in [2.05, 4.69) is 0 Å². The van der Waals surface area contributed by atoms with Gasteiger partial charge in [0.1, 0.15) is 0 Å². The van der Waals surface area contributed by atoms with Crippen LogP contribution in [0.4, 0.5) is 0 Å². The Morgan fingerprint density at radius 2 is 1.75 bits per heavy atom. The summed E-state index contributed by atoms with van der Waals surface area (Å²) in [4.78, 5) is 0. The normalized spacial score (nSPS) is 22.2. The summed E-state index contributed by atoms with van der Waals surface area (Å²) < 4.78 is 0. The molecule has 1 aliphatic rings. The van der Waals surface area contributed by atoms with Crippen molar-refractivity contribution in [3.05, 3.63) is 0 Å². The Bertz CT molecular complexity index is 121. The lowest BCUT2D eigenvalue weighted by atomic mass is 10.0. The topological polar surface area (TPSA) is 40.5 Å². The van der Waals surface area contributed by atoms with Crippen molar-refractivity contribution in [3.8, 4) is 0 Å². The molecule has 2 nitrogen and oxygen atoms in total. The van der Waals surface area contributed by atoms with E-state index < -0.39 is 12.2 Å². The predicted octanol–water partition coefficient (Wildman–Crippen LogP) is 1.70. The Hall–Kier alpha value is -0.0800. The Labute approximate surface area is 74.6 Å². The second-order valence-corrected chi connectivity index (χ2v) is 3.94. The van der Waals surface area contributed by atoms with Gasteiger partial charge in [0.05, 0.1) is 12.2 Å². The van der Waals surface area contributed by atoms with Gasteiger partial charge in [-0.3, -0.25) is 0 Å². The van der Waals surface area contributed by atoms with Crippen molar-refractivity contribution in [1.29, 1.82) is 0 Å². The number of hydrogen-bond acceptors (Lipinski definition) is 2. The Morgan fingerprint density at radius 1 is 1.17 bits per heavy atom. The molecule has 1 rings (SSSR count). The van der Waals surface area contributed by atoms with Crippen molar-refractivity contribution in [2.45, 2.75) is 57.7 Å². The molecule has 1 fully saturated rings. The van der Waals surface area contributed by atoms with Gasteiger partial charge in [0.15, 0.2) is 0 Å². The summed E-state index contributed by atoms with van der Waals surface area (Å²) in [5.74, 6) is 0.855. The summed E-state index contributed by atoms with van der Waals surface area (Å²) >= 11 is 0. The van der Waals surface area contributed by atoms with E-state index in [1.165, 1.54) is 12.8 Å². The zero-order valence-corrected chi connectivity index (χ0v) is 7.87. The van der Waals surface area contributed by atoms with Gasteiger partial charge >= 0.3 is 0 Å². The van der Waals surface area contributed by atoms with Gasteiger partial charge in [-0.25, -0.2) is 0 Å². The fraction of sp³-hybridized carbons (Fsp3) is 1.00. The summed E-state index contributed by atoms with van der Waals surface area (Å²) in [5, 5.41) is 18.9. The second-order valence-electron chi connectivity index (χ2n) is 3.94. The highest BCUT2D eigenvalue weighted by Crippen LogP contribution is 2.34. The zero-order valence-electron chi connectivity index (χ0n) is 7.87. The molecule has 2 unspecified atom stereocenters. The lowest BCUT2D eigenvalue weighted by Crippen LogP contribution is -2.25. The summed E-state index contributed by atoms with van der Waals surface area (Å²) in [6, 6.07) is 0. The molecule has 0 spiro atoms. The minimum atomic E-state index is -0.492. The molecule has 0 heterocycles. The van der Waals surface area contributed by atoms with Gasteiger partial charge in [0.2, 0.25) is 0 Å². The monoisotopic (exact) mass is 172 g/mol. The first-order valence-electron chi connectivity index (χ1n) is 5.10. The minimum Gasteiger partial charge on any atom is -0.390 e. The second kappa shape index (κ2) is 4.83. The van der Waals surface area contributed by atoms with Crippen LogP contribution >= 0.6 is 0 Å². The molecule has 0 aromatic carbocycles. The summed E-state index contributed by atoms with van der Waals surface area (Å²) in [6.07, 6.45) is 5.24. The van der Waals surface area contributed by atoms with Crippen molar-refractivity contribution in [2.75, 3.05) is 0 Å². The van der Waals surface area contributed by atoms with Crippen LogP contribution in [0.5, 0.6) is 0 Å². The first kappa shape index (κ1) is 10.0. The van der Waals surface area contributed by atoms with Gasteiger partial charge in [-0.05, 0) is 25.2 Å². The Morgan fingerprint density at radius 3 is 2.25 bits per heavy atom. The number of aliphatic hydroxyl groups excluding tert-OH is 2. The Kier molecular flexibility index (Phi) is 4.02. The molecule has 12 heavy (non-hydrogen) atoms. The third kappa shape index (κ3) is 3.55. The zero-order chi connectivity index (χ0) is 8.97. The van der Waals surface area contributed by atoms with E-state index >= 15 is 0 Å². The fourth-order valence-corrected chi connectivity index (χ4v) is 1.49. The van der Waals surface area contributed by atoms with Crippen LogP contribution in [0, 0.1) is 5.92 Å². The van der Waals surface area contributed by atoms with E-state index in [9.17, 15) is 10.2 Å². The van der Waals surface area contributed by atoms with Gasteiger partial charge in [0, 0.05) is 0 Å². The van der Waals surface area contributed by atoms with Crippen molar-refractivity contribution in [2.24, 2.45) is 5.92 Å². The maximum absolute atomic E-state index is 9.48. The van der Waals surface area contributed by atoms with Crippen LogP contribution in [0.2, 0.25) is 0 Å². The summed E-state index contributed by atoms with van der Waals surface area (Å²) in [6.45, 7) is 2.02. The van der Waals surface area contributed by atoms with Crippen LogP contribution in [0.15, 0.2) is 0 Å². The molecule has 1 saturated carbocycles. The van der Waals surface area contributed by atoms with E-state index in [0.717, 1.165) is 31.6 Å². The van der Waals surface area contributed by atoms with Gasteiger partial charge < -0.3 is 10.2 Å². The molecule has 1 aliphatic carbocycles. The first-order chi connectivity index (χ1) is 5.74. The van der Waals surface area contributed by atoms with Crippen molar-refractivity contribution in [3.63, 3.8) is 0 Å². The number of aliphatic hydroxyl groups is 2. The van der Waals surface area contributed by atoms with Crippen LogP contribution < -0.4 is 0 Å². The third-order valence-corrected chi connectivity index (χ3v) is 2.60. The van der Waals surface area contributed by atoms with Crippen molar-refractivity contribution in [1.82, 2.24) is 0 Å². The van der Waals surface area contributed by atoms with Crippen molar-refractivity contribution >= 4 is 0 Å². The van der Waals surface area contributed by atoms with E-state index in [4.69, 9.17) is 0 Å². The van der Waals surface area contributed by atoms with Gasteiger partial charge in [-0.1, -0.05) is 26.2 Å². The molecule has 2 atom stereocenters. The lowest BCUT2D eigenvalue weighted by molar-refractivity contribution is 0.00773. The van der Waals surface area contributed by atoms with Crippen LogP contribution in [0.3, 0.4) is 0 Å². The molecular weight excluding hydrogens is 152 g/mol. The van der Waals surface area contributed by atoms with Gasteiger partial charge in [0.25, 0.3) is 0 Å². The highest BCUT2D eigenvalue weighted by molar-refractivity contribution is 4.76. The highest BCUT2D eigenvalue weighted by atomic mass is 16.3. The maximum Gasteiger partial charge on any atom is 0.0799 e. The highest BCUT2D eigenvalue weighted by Gasteiger charge is 2.23. The smallest absolute Gasteiger partial charge is 0.0799 e. The molecule has 0 amide bonds. The average molecular weight is 172 g/mol. The molecule has 72 valence electrons. The van der Waals surface area contributed by atoms with Gasteiger partial charge in [-0.15, -0.1) is 0 Å². The van der Waals surface area contributed by atoms with Crippen LogP contribution in [-0.4, -0.2) is 22.4 Å². The number of hydrogen-bond donors (Lipinski definition) is 2. The lowest BCUT2D eigenvalue weighted by Gasteiger charge is -2.16. The van der Waals surface area contributed by atoms with Crippen LogP contribution in [0.1, 0.15) is 45.4 Å². The number of rotatable bonds is 6. The minimum absolute atomic E-state index is 0.481. The molecular formula is C10H20O2. The van der Waals surface area contributed by atoms with E-state index in [1.807, 2.05) is 6.92 Å².